The van der Waals surface area contributed by atoms with Gasteiger partial charge in [-0.15, -0.1) is 0 Å². The minimum Gasteiger partial charge on any atom is -0.483 e. The number of benzene rings is 6. The van der Waals surface area contributed by atoms with Gasteiger partial charge in [-0.1, -0.05) is 97.1 Å². The maximum atomic E-state index is 13.5. The molecule has 0 heterocycles. The summed E-state index contributed by atoms with van der Waals surface area (Å²) in [6, 6.07) is 50.6. The summed E-state index contributed by atoms with van der Waals surface area (Å²) in [4.78, 5) is 56.4. The number of para-hydroxylation sites is 6. The van der Waals surface area contributed by atoms with Gasteiger partial charge < -0.3 is 20.1 Å². The molecule has 0 saturated heterocycles. The molecule has 0 bridgehead atoms. The van der Waals surface area contributed by atoms with E-state index in [-0.39, 0.29) is 72.6 Å². The van der Waals surface area contributed by atoms with Crippen LogP contribution in [0.4, 0.5) is 22.7 Å². The van der Waals surface area contributed by atoms with E-state index in [0.29, 0.717) is 29.2 Å². The lowest BCUT2D eigenvalue weighted by atomic mass is 10.2. The molecule has 0 radical (unpaired) electrons. The number of hydrogen-bond acceptors (Lipinski definition) is 6. The quantitative estimate of drug-likeness (QED) is 0.0985. The van der Waals surface area contributed by atoms with E-state index < -0.39 is 0 Å². The van der Waals surface area contributed by atoms with Crippen LogP contribution in [0, 0.1) is 0 Å². The Morgan fingerprint density at radius 3 is 1.02 bits per heavy atom. The van der Waals surface area contributed by atoms with Crippen LogP contribution in [0.1, 0.15) is 27.1 Å². The van der Waals surface area contributed by atoms with Crippen molar-refractivity contribution >= 4 is 46.4 Å². The maximum absolute atomic E-state index is 13.5. The Kier molecular flexibility index (Phi) is 13.0. The van der Waals surface area contributed by atoms with E-state index in [1.165, 1.54) is 0 Å². The normalized spacial score (nSPS) is 10.5. The third-order valence-electron chi connectivity index (χ3n) is 8.45. The van der Waals surface area contributed by atoms with Gasteiger partial charge in [0.1, 0.15) is 11.5 Å². The molecule has 6 aromatic rings. The van der Waals surface area contributed by atoms with Crippen molar-refractivity contribution in [2.45, 2.75) is 6.42 Å². The largest absolute Gasteiger partial charge is 0.483 e. The summed E-state index contributed by atoms with van der Waals surface area (Å²) in [5.74, 6) is -0.810. The molecule has 0 fully saturated rings. The summed E-state index contributed by atoms with van der Waals surface area (Å²) in [5, 5.41) is 5.73. The molecule has 0 aliphatic rings. The highest BCUT2D eigenvalue weighted by Crippen LogP contribution is 2.27. The van der Waals surface area contributed by atoms with Crippen molar-refractivity contribution in [1.29, 1.82) is 0 Å². The molecular weight excluding hydrogens is 693 g/mol. The van der Waals surface area contributed by atoms with Crippen molar-refractivity contribution in [3.05, 3.63) is 181 Å². The van der Waals surface area contributed by atoms with Gasteiger partial charge in [0.2, 0.25) is 0 Å². The molecule has 0 saturated carbocycles. The van der Waals surface area contributed by atoms with Gasteiger partial charge in [-0.3, -0.25) is 29.0 Å². The lowest BCUT2D eigenvalue weighted by Gasteiger charge is -2.23. The van der Waals surface area contributed by atoms with Gasteiger partial charge in [0.25, 0.3) is 23.6 Å². The van der Waals surface area contributed by atoms with Crippen LogP contribution in [-0.4, -0.2) is 49.9 Å². The number of carbonyl (C=O) groups is 4. The van der Waals surface area contributed by atoms with Crippen LogP contribution in [0.3, 0.4) is 0 Å². The molecule has 0 aromatic heterocycles. The molecule has 2 N–H and O–H groups in total. The number of ether oxygens (including phenoxy) is 2. The van der Waals surface area contributed by atoms with E-state index in [1.807, 2.05) is 121 Å². The number of hydrogen-bond donors (Lipinski definition) is 2. The summed E-state index contributed by atoms with van der Waals surface area (Å²) in [6.07, 6.45) is 0.437. The Morgan fingerprint density at radius 2 is 0.691 bits per heavy atom. The van der Waals surface area contributed by atoms with Gasteiger partial charge in [0, 0.05) is 35.8 Å². The second-order valence-corrected chi connectivity index (χ2v) is 12.2. The zero-order valence-electron chi connectivity index (χ0n) is 30.0. The first-order chi connectivity index (χ1) is 27.0. The predicted octanol–water partition coefficient (Wildman–Crippen LogP) is 7.72. The molecule has 0 unspecified atom stereocenters. The van der Waals surface area contributed by atoms with Crippen molar-refractivity contribution in [3.63, 3.8) is 0 Å². The van der Waals surface area contributed by atoms with E-state index in [4.69, 9.17) is 9.47 Å². The third-order valence-corrected chi connectivity index (χ3v) is 8.45. The molecular formula is C45H40N4O6. The highest BCUT2D eigenvalue weighted by molar-refractivity contribution is 6.03. The fraction of sp³-hybridized carbons (Fsp3) is 0.111. The minimum absolute atomic E-state index is 0.267. The van der Waals surface area contributed by atoms with Crippen LogP contribution in [0.2, 0.25) is 0 Å². The smallest absolute Gasteiger partial charge is 0.269 e. The maximum Gasteiger partial charge on any atom is 0.269 e. The highest BCUT2D eigenvalue weighted by Gasteiger charge is 2.22. The Labute approximate surface area is 319 Å². The van der Waals surface area contributed by atoms with Crippen LogP contribution < -0.4 is 29.9 Å². The Morgan fingerprint density at radius 1 is 0.400 bits per heavy atom. The first kappa shape index (κ1) is 37.6. The topological polar surface area (TPSA) is 117 Å². The van der Waals surface area contributed by atoms with Gasteiger partial charge in [0.05, 0.1) is 11.1 Å². The number of carbonyl (C=O) groups excluding carboxylic acids is 4. The first-order valence-electron chi connectivity index (χ1n) is 17.9. The second-order valence-electron chi connectivity index (χ2n) is 12.2. The molecule has 0 atom stereocenters. The monoisotopic (exact) mass is 732 g/mol. The average molecular weight is 733 g/mol. The van der Waals surface area contributed by atoms with E-state index in [9.17, 15) is 19.2 Å². The number of anilines is 4. The van der Waals surface area contributed by atoms with Crippen molar-refractivity contribution in [2.24, 2.45) is 0 Å². The number of amides is 4. The summed E-state index contributed by atoms with van der Waals surface area (Å²) in [6.45, 7) is -0.0528. The predicted molar refractivity (Wildman–Crippen MR) is 213 cm³/mol. The first-order valence-corrected chi connectivity index (χ1v) is 17.9. The molecule has 0 spiro atoms. The lowest BCUT2D eigenvalue weighted by molar-refractivity contribution is -0.120. The van der Waals surface area contributed by atoms with E-state index in [2.05, 4.69) is 10.6 Å². The van der Waals surface area contributed by atoms with Crippen LogP contribution in [0.15, 0.2) is 170 Å². The Balaban J connectivity index is 0.994. The van der Waals surface area contributed by atoms with Crippen LogP contribution >= 0.6 is 0 Å². The summed E-state index contributed by atoms with van der Waals surface area (Å²) in [7, 11) is 0. The second kappa shape index (κ2) is 19.0. The van der Waals surface area contributed by atoms with Crippen molar-refractivity contribution in [3.8, 4) is 11.5 Å². The third kappa shape index (κ3) is 10.0. The zero-order chi connectivity index (χ0) is 38.2. The van der Waals surface area contributed by atoms with E-state index in [0.717, 1.165) is 0 Å². The van der Waals surface area contributed by atoms with Crippen LogP contribution in [0.25, 0.3) is 0 Å². The Hall–Kier alpha value is -7.20. The molecule has 4 amide bonds. The molecule has 0 aliphatic carbocycles. The molecule has 6 rings (SSSR count). The van der Waals surface area contributed by atoms with Crippen LogP contribution in [0.5, 0.6) is 11.5 Å². The minimum atomic E-state index is -0.374. The average Bonchev–Trinajstić information content (AvgIpc) is 3.24. The molecule has 276 valence electrons. The molecule has 55 heavy (non-hydrogen) atoms. The van der Waals surface area contributed by atoms with Gasteiger partial charge >= 0.3 is 0 Å². The van der Waals surface area contributed by atoms with Gasteiger partial charge in [-0.05, 0) is 79.2 Å². The van der Waals surface area contributed by atoms with E-state index >= 15 is 0 Å². The summed E-state index contributed by atoms with van der Waals surface area (Å²) in [5.41, 5.74) is 3.34. The number of nitrogens with zero attached hydrogens (tertiary/aromatic N) is 2. The molecule has 0 aliphatic heterocycles. The molecule has 10 nitrogen and oxygen atoms in total. The van der Waals surface area contributed by atoms with Crippen molar-refractivity contribution < 1.29 is 28.7 Å². The fourth-order valence-corrected chi connectivity index (χ4v) is 5.83. The number of rotatable bonds is 16. The van der Waals surface area contributed by atoms with Crippen LogP contribution in [-0.2, 0) is 9.59 Å². The van der Waals surface area contributed by atoms with Crippen molar-refractivity contribution in [2.75, 3.05) is 36.1 Å². The standard InChI is InChI=1S/C45H40N4O6/c50-42(48(34-18-5-1-6-19-34)35-20-7-2-8-21-35)32-54-40-28-15-13-26-38(40)44(52)46-30-17-31-47-45(53)39-27-14-16-29-41(39)55-33-43(51)49(36-22-9-3-10-23-36)37-24-11-4-12-25-37/h1-16,18-29H,17,30-33H2,(H,46,52)(H,47,53). The molecule has 6 aromatic carbocycles. The van der Waals surface area contributed by atoms with Gasteiger partial charge in [-0.2, -0.15) is 0 Å². The molecule has 10 heteroatoms. The summed E-state index contributed by atoms with van der Waals surface area (Å²) < 4.78 is 11.8. The Bertz CT molecular complexity index is 1950. The zero-order valence-corrected chi connectivity index (χ0v) is 30.0. The number of nitrogens with one attached hydrogen (secondary N) is 2. The SMILES string of the molecule is O=C(NCCCNC(=O)c1ccccc1OCC(=O)N(c1ccccc1)c1ccccc1)c1ccccc1OCC(=O)N(c1ccccc1)c1ccccc1. The lowest BCUT2D eigenvalue weighted by Crippen LogP contribution is -2.32. The summed E-state index contributed by atoms with van der Waals surface area (Å²) >= 11 is 0. The van der Waals surface area contributed by atoms with E-state index in [1.54, 1.807) is 58.3 Å². The van der Waals surface area contributed by atoms with Crippen molar-refractivity contribution in [1.82, 2.24) is 10.6 Å². The fourth-order valence-electron chi connectivity index (χ4n) is 5.83. The van der Waals surface area contributed by atoms with Gasteiger partial charge in [-0.25, -0.2) is 0 Å². The van der Waals surface area contributed by atoms with Gasteiger partial charge in [0.15, 0.2) is 13.2 Å². The highest BCUT2D eigenvalue weighted by atomic mass is 16.5.